The van der Waals surface area contributed by atoms with E-state index in [1.807, 2.05) is 7.05 Å². The smallest absolute Gasteiger partial charge is 0.191 e. The lowest BCUT2D eigenvalue weighted by molar-refractivity contribution is 0.116. The van der Waals surface area contributed by atoms with Crippen LogP contribution in [0.25, 0.3) is 0 Å². The molecule has 2 atom stereocenters. The molecule has 3 rings (SSSR count). The molecular weight excluding hydrogens is 366 g/mol. The van der Waals surface area contributed by atoms with Gasteiger partial charge in [0.25, 0.3) is 0 Å². The van der Waals surface area contributed by atoms with Gasteiger partial charge in [-0.25, -0.2) is 0 Å². The zero-order valence-electron chi connectivity index (χ0n) is 18.4. The van der Waals surface area contributed by atoms with E-state index in [1.165, 1.54) is 5.56 Å². The average molecular weight is 404 g/mol. The summed E-state index contributed by atoms with van der Waals surface area (Å²) < 4.78 is 11.6. The van der Waals surface area contributed by atoms with Gasteiger partial charge in [0.2, 0.25) is 0 Å². The quantitative estimate of drug-likeness (QED) is 0.529. The zero-order valence-corrected chi connectivity index (χ0v) is 18.4. The summed E-state index contributed by atoms with van der Waals surface area (Å²) in [5.74, 6) is 2.27. The lowest BCUT2D eigenvalue weighted by atomic mass is 10.1. The molecule has 0 spiro atoms. The van der Waals surface area contributed by atoms with Crippen molar-refractivity contribution in [1.29, 1.82) is 0 Å². The number of nitrogens with zero attached hydrogens (tertiary/aromatic N) is 3. The van der Waals surface area contributed by atoms with Crippen LogP contribution in [0.2, 0.25) is 0 Å². The standard InChI is InChI=1S/C22H37N5O2/c1-17-5-6-19(21(11-17)29-16-18-7-10-28-15-18)12-24-22(23-2)25-13-20-14-26(3)8-9-27(20)4/h5-6,11,18,20H,7-10,12-16H2,1-4H3,(H2,23,24,25). The van der Waals surface area contributed by atoms with E-state index in [-0.39, 0.29) is 0 Å². The van der Waals surface area contributed by atoms with Crippen LogP contribution in [0.3, 0.4) is 0 Å². The van der Waals surface area contributed by atoms with Crippen molar-refractivity contribution in [3.05, 3.63) is 29.3 Å². The average Bonchev–Trinajstić information content (AvgIpc) is 3.23. The van der Waals surface area contributed by atoms with E-state index in [4.69, 9.17) is 9.47 Å². The molecular formula is C22H37N5O2. The number of benzene rings is 1. The van der Waals surface area contributed by atoms with Gasteiger partial charge >= 0.3 is 0 Å². The molecule has 0 saturated carbocycles. The number of rotatable bonds is 7. The van der Waals surface area contributed by atoms with Gasteiger partial charge in [-0.05, 0) is 39.1 Å². The highest BCUT2D eigenvalue weighted by Crippen LogP contribution is 2.22. The van der Waals surface area contributed by atoms with Crippen LogP contribution in [0, 0.1) is 12.8 Å². The normalized spacial score (nSPS) is 23.9. The molecule has 0 radical (unpaired) electrons. The van der Waals surface area contributed by atoms with Crippen LogP contribution >= 0.6 is 0 Å². The Morgan fingerprint density at radius 3 is 2.90 bits per heavy atom. The fourth-order valence-corrected chi connectivity index (χ4v) is 3.80. The second kappa shape index (κ2) is 10.8. The summed E-state index contributed by atoms with van der Waals surface area (Å²) in [5, 5.41) is 6.92. The molecule has 2 heterocycles. The molecule has 7 heteroatoms. The first-order valence-electron chi connectivity index (χ1n) is 10.7. The maximum Gasteiger partial charge on any atom is 0.191 e. The number of aliphatic imine (C=N–C) groups is 1. The van der Waals surface area contributed by atoms with E-state index in [9.17, 15) is 0 Å². The summed E-state index contributed by atoms with van der Waals surface area (Å²) >= 11 is 0. The molecule has 0 bridgehead atoms. The third-order valence-electron chi connectivity index (χ3n) is 5.88. The summed E-state index contributed by atoms with van der Waals surface area (Å²) in [6, 6.07) is 6.88. The Balaban J connectivity index is 1.51. The Labute approximate surface area is 175 Å². The molecule has 2 aliphatic rings. The molecule has 2 aliphatic heterocycles. The van der Waals surface area contributed by atoms with E-state index in [2.05, 4.69) is 64.6 Å². The summed E-state index contributed by atoms with van der Waals surface area (Å²) in [7, 11) is 6.20. The topological polar surface area (TPSA) is 61.4 Å². The molecule has 162 valence electrons. The highest BCUT2D eigenvalue weighted by atomic mass is 16.5. The maximum absolute atomic E-state index is 6.16. The van der Waals surface area contributed by atoms with Crippen molar-refractivity contribution < 1.29 is 9.47 Å². The van der Waals surface area contributed by atoms with E-state index in [0.29, 0.717) is 25.1 Å². The second-order valence-corrected chi connectivity index (χ2v) is 8.36. The highest BCUT2D eigenvalue weighted by molar-refractivity contribution is 5.79. The van der Waals surface area contributed by atoms with Crippen molar-refractivity contribution >= 4 is 5.96 Å². The van der Waals surface area contributed by atoms with Crippen molar-refractivity contribution in [2.24, 2.45) is 10.9 Å². The predicted molar refractivity (Wildman–Crippen MR) is 118 cm³/mol. The predicted octanol–water partition coefficient (Wildman–Crippen LogP) is 1.32. The first-order chi connectivity index (χ1) is 14.0. The van der Waals surface area contributed by atoms with Crippen molar-refractivity contribution in [2.75, 3.05) is 67.1 Å². The highest BCUT2D eigenvalue weighted by Gasteiger charge is 2.22. The number of aryl methyl sites for hydroxylation is 1. The summed E-state index contributed by atoms with van der Waals surface area (Å²) in [6.45, 7) is 9.32. The van der Waals surface area contributed by atoms with Crippen molar-refractivity contribution in [3.63, 3.8) is 0 Å². The minimum absolute atomic E-state index is 0.485. The van der Waals surface area contributed by atoms with Crippen molar-refractivity contribution in [1.82, 2.24) is 20.4 Å². The maximum atomic E-state index is 6.16. The van der Waals surface area contributed by atoms with E-state index >= 15 is 0 Å². The second-order valence-electron chi connectivity index (χ2n) is 8.36. The molecule has 0 aromatic heterocycles. The SMILES string of the molecule is CN=C(NCc1ccc(C)cc1OCC1CCOC1)NCC1CN(C)CCN1C. The molecule has 2 N–H and O–H groups in total. The lowest BCUT2D eigenvalue weighted by Crippen LogP contribution is -2.55. The third-order valence-corrected chi connectivity index (χ3v) is 5.88. The fraction of sp³-hybridized carbons (Fsp3) is 0.682. The van der Waals surface area contributed by atoms with Crippen LogP contribution in [-0.4, -0.2) is 88.9 Å². The van der Waals surface area contributed by atoms with Crippen LogP contribution in [-0.2, 0) is 11.3 Å². The number of piperazine rings is 1. The van der Waals surface area contributed by atoms with Crippen LogP contribution in [0.4, 0.5) is 0 Å². The molecule has 1 aromatic carbocycles. The van der Waals surface area contributed by atoms with E-state index in [1.54, 1.807) is 0 Å². The zero-order chi connectivity index (χ0) is 20.6. The van der Waals surface area contributed by atoms with Gasteiger partial charge in [-0.15, -0.1) is 0 Å². The van der Waals surface area contributed by atoms with E-state index in [0.717, 1.165) is 63.1 Å². The molecule has 1 aromatic rings. The molecule has 7 nitrogen and oxygen atoms in total. The first-order valence-corrected chi connectivity index (χ1v) is 10.7. The first kappa shape index (κ1) is 21.9. The molecule has 2 saturated heterocycles. The molecule has 0 aliphatic carbocycles. The molecule has 2 fully saturated rings. The van der Waals surface area contributed by atoms with Gasteiger partial charge in [0.1, 0.15) is 5.75 Å². The Hall–Kier alpha value is -1.83. The minimum Gasteiger partial charge on any atom is -0.493 e. The van der Waals surface area contributed by atoms with Crippen LogP contribution in [0.1, 0.15) is 17.5 Å². The number of likely N-dealkylation sites (N-methyl/N-ethyl adjacent to an activating group) is 2. The van der Waals surface area contributed by atoms with Gasteiger partial charge in [-0.3, -0.25) is 9.89 Å². The Bertz CT molecular complexity index is 675. The van der Waals surface area contributed by atoms with Crippen LogP contribution in [0.5, 0.6) is 5.75 Å². The molecule has 29 heavy (non-hydrogen) atoms. The van der Waals surface area contributed by atoms with Gasteiger partial charge in [0.15, 0.2) is 5.96 Å². The van der Waals surface area contributed by atoms with Crippen LogP contribution in [0.15, 0.2) is 23.2 Å². The van der Waals surface area contributed by atoms with Gasteiger partial charge in [0, 0.05) is 63.9 Å². The number of hydrogen-bond donors (Lipinski definition) is 2. The lowest BCUT2D eigenvalue weighted by Gasteiger charge is -2.37. The van der Waals surface area contributed by atoms with E-state index < -0.39 is 0 Å². The summed E-state index contributed by atoms with van der Waals surface area (Å²) in [5.41, 5.74) is 2.35. The summed E-state index contributed by atoms with van der Waals surface area (Å²) in [6.07, 6.45) is 1.08. The Kier molecular flexibility index (Phi) is 8.15. The Morgan fingerprint density at radius 2 is 2.14 bits per heavy atom. The summed E-state index contributed by atoms with van der Waals surface area (Å²) in [4.78, 5) is 9.19. The van der Waals surface area contributed by atoms with Gasteiger partial charge < -0.3 is 25.0 Å². The van der Waals surface area contributed by atoms with Crippen molar-refractivity contribution in [3.8, 4) is 5.75 Å². The van der Waals surface area contributed by atoms with Gasteiger partial charge in [-0.1, -0.05) is 12.1 Å². The largest absolute Gasteiger partial charge is 0.493 e. The van der Waals surface area contributed by atoms with Crippen LogP contribution < -0.4 is 15.4 Å². The fourth-order valence-electron chi connectivity index (χ4n) is 3.80. The molecule has 2 unspecified atom stereocenters. The third kappa shape index (κ3) is 6.59. The number of hydrogen-bond acceptors (Lipinski definition) is 5. The number of nitrogens with one attached hydrogen (secondary N) is 2. The minimum atomic E-state index is 0.485. The van der Waals surface area contributed by atoms with Crippen molar-refractivity contribution in [2.45, 2.75) is 25.9 Å². The van der Waals surface area contributed by atoms with Gasteiger partial charge in [-0.2, -0.15) is 0 Å². The van der Waals surface area contributed by atoms with Gasteiger partial charge in [0.05, 0.1) is 13.2 Å². The monoisotopic (exact) mass is 403 g/mol. The number of guanidine groups is 1. The Morgan fingerprint density at radius 1 is 1.28 bits per heavy atom. The molecule has 0 amide bonds. The number of ether oxygens (including phenoxy) is 2.